The Morgan fingerprint density at radius 2 is 1.97 bits per heavy atom. The van der Waals surface area contributed by atoms with Gasteiger partial charge < -0.3 is 10.2 Å². The highest BCUT2D eigenvalue weighted by atomic mass is 16.6. The van der Waals surface area contributed by atoms with Crippen LogP contribution in [0.1, 0.15) is 55.5 Å². The van der Waals surface area contributed by atoms with Crippen molar-refractivity contribution in [1.29, 1.82) is 0 Å². The number of hydrogen-bond acceptors (Lipinski definition) is 8. The minimum absolute atomic E-state index is 0.0426. The molecule has 0 radical (unpaired) electrons. The van der Waals surface area contributed by atoms with E-state index >= 15 is 0 Å². The van der Waals surface area contributed by atoms with Crippen LogP contribution in [-0.4, -0.2) is 41.9 Å². The first-order valence-corrected chi connectivity index (χ1v) is 10.2. The number of nitrogens with zero attached hydrogens (tertiary/aromatic N) is 7. The molecular weight excluding hydrogens is 396 g/mol. The fourth-order valence-corrected chi connectivity index (χ4v) is 2.82. The summed E-state index contributed by atoms with van der Waals surface area (Å²) in [6.07, 6.45) is 3.46. The zero-order valence-corrected chi connectivity index (χ0v) is 17.9. The molecule has 0 atom stereocenters. The van der Waals surface area contributed by atoms with Gasteiger partial charge in [-0.15, -0.1) is 5.10 Å². The number of carbonyl (C=O) groups is 1. The standard InChI is InChI=1S/C21H26N8O2/c1-4-5-6-13-20(30)24-19-12-8-10-17(23-19)14-31-26-21(29-16(3)25-27-28-29)18-11-7-9-15(2)22-18/h7-12H,4-6,13-14H2,1-3H3,(H,23,24,30). The lowest BCUT2D eigenvalue weighted by atomic mass is 10.2. The van der Waals surface area contributed by atoms with Crippen LogP contribution in [0.4, 0.5) is 5.82 Å². The maximum Gasteiger partial charge on any atom is 0.225 e. The molecule has 3 heterocycles. The Morgan fingerprint density at radius 1 is 1.13 bits per heavy atom. The molecule has 10 nitrogen and oxygen atoms in total. The number of carbonyl (C=O) groups excluding carboxylic acids is 1. The third kappa shape index (κ3) is 6.39. The van der Waals surface area contributed by atoms with Crippen LogP contribution in [0, 0.1) is 13.8 Å². The average molecular weight is 422 g/mol. The summed E-state index contributed by atoms with van der Waals surface area (Å²) in [7, 11) is 0. The molecule has 3 aromatic heterocycles. The van der Waals surface area contributed by atoms with Crippen LogP contribution in [0.15, 0.2) is 41.6 Å². The molecule has 0 fully saturated rings. The van der Waals surface area contributed by atoms with Gasteiger partial charge in [-0.2, -0.15) is 4.68 Å². The molecule has 0 unspecified atom stereocenters. The number of oxime groups is 1. The number of hydrogen-bond donors (Lipinski definition) is 1. The number of aryl methyl sites for hydroxylation is 2. The Kier molecular flexibility index (Phi) is 7.74. The minimum atomic E-state index is -0.0426. The summed E-state index contributed by atoms with van der Waals surface area (Å²) in [5.74, 6) is 1.37. The van der Waals surface area contributed by atoms with Gasteiger partial charge in [0.2, 0.25) is 11.7 Å². The molecule has 0 saturated carbocycles. The van der Waals surface area contributed by atoms with Gasteiger partial charge in [0.15, 0.2) is 12.4 Å². The Bertz CT molecular complexity index is 1050. The van der Waals surface area contributed by atoms with E-state index in [0.29, 0.717) is 35.3 Å². The van der Waals surface area contributed by atoms with Gasteiger partial charge in [-0.3, -0.25) is 4.79 Å². The molecular formula is C21H26N8O2. The van der Waals surface area contributed by atoms with E-state index in [1.165, 1.54) is 4.68 Å². The van der Waals surface area contributed by atoms with Crippen molar-refractivity contribution in [3.8, 4) is 0 Å². The summed E-state index contributed by atoms with van der Waals surface area (Å²) >= 11 is 0. The lowest BCUT2D eigenvalue weighted by molar-refractivity contribution is -0.116. The van der Waals surface area contributed by atoms with Crippen molar-refractivity contribution in [3.05, 3.63) is 59.3 Å². The topological polar surface area (TPSA) is 120 Å². The van der Waals surface area contributed by atoms with Crippen LogP contribution in [0.25, 0.3) is 0 Å². The maximum absolute atomic E-state index is 12.0. The van der Waals surface area contributed by atoms with Crippen LogP contribution in [0.3, 0.4) is 0 Å². The molecule has 0 aliphatic heterocycles. The normalized spacial score (nSPS) is 11.4. The molecule has 0 saturated heterocycles. The molecule has 3 rings (SSSR count). The van der Waals surface area contributed by atoms with Crippen molar-refractivity contribution >= 4 is 17.6 Å². The van der Waals surface area contributed by atoms with Crippen LogP contribution in [0.2, 0.25) is 0 Å². The van der Waals surface area contributed by atoms with Crippen molar-refractivity contribution in [3.63, 3.8) is 0 Å². The largest absolute Gasteiger partial charge is 0.387 e. The first kappa shape index (κ1) is 22.0. The Labute approximate surface area is 180 Å². The van der Waals surface area contributed by atoms with Gasteiger partial charge in [0.1, 0.15) is 11.5 Å². The predicted molar refractivity (Wildman–Crippen MR) is 115 cm³/mol. The van der Waals surface area contributed by atoms with Crippen molar-refractivity contribution in [2.45, 2.75) is 53.1 Å². The number of tetrazole rings is 1. The second-order valence-corrected chi connectivity index (χ2v) is 7.01. The molecule has 162 valence electrons. The monoisotopic (exact) mass is 422 g/mol. The number of nitrogens with one attached hydrogen (secondary N) is 1. The van der Waals surface area contributed by atoms with E-state index in [4.69, 9.17) is 4.84 Å². The molecule has 0 spiro atoms. The van der Waals surface area contributed by atoms with Gasteiger partial charge in [-0.1, -0.05) is 37.1 Å². The fraction of sp³-hybridized carbons (Fsp3) is 0.381. The van der Waals surface area contributed by atoms with Gasteiger partial charge >= 0.3 is 0 Å². The van der Waals surface area contributed by atoms with Gasteiger partial charge in [0.05, 0.1) is 5.69 Å². The summed E-state index contributed by atoms with van der Waals surface area (Å²) < 4.78 is 1.46. The van der Waals surface area contributed by atoms with Crippen LogP contribution < -0.4 is 5.32 Å². The number of aromatic nitrogens is 6. The van der Waals surface area contributed by atoms with E-state index in [9.17, 15) is 4.79 Å². The van der Waals surface area contributed by atoms with Crippen molar-refractivity contribution < 1.29 is 9.63 Å². The summed E-state index contributed by atoms with van der Waals surface area (Å²) in [6, 6.07) is 10.9. The fourth-order valence-electron chi connectivity index (χ4n) is 2.82. The van der Waals surface area contributed by atoms with Gasteiger partial charge in [0.25, 0.3) is 0 Å². The molecule has 0 bridgehead atoms. The van der Waals surface area contributed by atoms with Gasteiger partial charge in [0, 0.05) is 12.1 Å². The second kappa shape index (κ2) is 10.9. The lowest BCUT2D eigenvalue weighted by Gasteiger charge is -2.08. The average Bonchev–Trinajstić information content (AvgIpc) is 3.17. The Morgan fingerprint density at radius 3 is 2.71 bits per heavy atom. The van der Waals surface area contributed by atoms with Gasteiger partial charge in [-0.05, 0) is 55.0 Å². The number of amides is 1. The highest BCUT2D eigenvalue weighted by Gasteiger charge is 2.14. The summed E-state index contributed by atoms with van der Waals surface area (Å²) in [4.78, 5) is 26.5. The summed E-state index contributed by atoms with van der Waals surface area (Å²) in [5, 5.41) is 18.6. The number of rotatable bonds is 9. The molecule has 1 N–H and O–H groups in total. The van der Waals surface area contributed by atoms with E-state index in [2.05, 4.69) is 42.9 Å². The molecule has 3 aromatic rings. The highest BCUT2D eigenvalue weighted by Crippen LogP contribution is 2.09. The summed E-state index contributed by atoms with van der Waals surface area (Å²) in [6.45, 7) is 5.86. The maximum atomic E-state index is 12.0. The zero-order chi connectivity index (χ0) is 22.1. The first-order valence-electron chi connectivity index (χ1n) is 10.2. The highest BCUT2D eigenvalue weighted by molar-refractivity contribution is 5.98. The Balaban J connectivity index is 1.70. The van der Waals surface area contributed by atoms with E-state index in [0.717, 1.165) is 25.0 Å². The van der Waals surface area contributed by atoms with E-state index in [1.54, 1.807) is 19.1 Å². The lowest BCUT2D eigenvalue weighted by Crippen LogP contribution is -2.19. The molecule has 0 aromatic carbocycles. The Hall–Kier alpha value is -3.69. The van der Waals surface area contributed by atoms with Crippen molar-refractivity contribution in [2.75, 3.05) is 5.32 Å². The third-order valence-electron chi connectivity index (χ3n) is 4.39. The quantitative estimate of drug-likeness (QED) is 0.243. The molecule has 31 heavy (non-hydrogen) atoms. The number of unbranched alkanes of at least 4 members (excludes halogenated alkanes) is 2. The zero-order valence-electron chi connectivity index (χ0n) is 17.9. The van der Waals surface area contributed by atoms with Crippen molar-refractivity contribution in [1.82, 2.24) is 30.2 Å². The predicted octanol–water partition coefficient (Wildman–Crippen LogP) is 3.03. The molecule has 1 amide bonds. The van der Waals surface area contributed by atoms with Crippen LogP contribution in [-0.2, 0) is 16.2 Å². The molecule has 0 aliphatic rings. The minimum Gasteiger partial charge on any atom is -0.387 e. The third-order valence-corrected chi connectivity index (χ3v) is 4.39. The molecule has 10 heteroatoms. The first-order chi connectivity index (χ1) is 15.1. The van der Waals surface area contributed by atoms with E-state index < -0.39 is 0 Å². The van der Waals surface area contributed by atoms with E-state index in [1.807, 2.05) is 31.2 Å². The van der Waals surface area contributed by atoms with Crippen molar-refractivity contribution in [2.24, 2.45) is 5.16 Å². The SMILES string of the molecule is CCCCCC(=O)Nc1cccc(CON=C(c2cccc(C)n2)n2nnnc2C)n1. The van der Waals surface area contributed by atoms with E-state index in [-0.39, 0.29) is 12.5 Å². The summed E-state index contributed by atoms with van der Waals surface area (Å²) in [5.41, 5.74) is 2.04. The number of anilines is 1. The smallest absolute Gasteiger partial charge is 0.225 e. The number of pyridine rings is 2. The molecule has 0 aliphatic carbocycles. The van der Waals surface area contributed by atoms with Crippen LogP contribution in [0.5, 0.6) is 0 Å². The second-order valence-electron chi connectivity index (χ2n) is 7.01. The van der Waals surface area contributed by atoms with Crippen LogP contribution >= 0.6 is 0 Å². The van der Waals surface area contributed by atoms with Gasteiger partial charge in [-0.25, -0.2) is 9.97 Å².